The fourth-order valence-electron chi connectivity index (χ4n) is 3.49. The van der Waals surface area contributed by atoms with Gasteiger partial charge in [0.25, 0.3) is 0 Å². The Morgan fingerprint density at radius 2 is 1.81 bits per heavy atom. The van der Waals surface area contributed by atoms with Crippen LogP contribution in [0.15, 0.2) is 48.7 Å². The molecule has 1 N–H and O–H groups in total. The van der Waals surface area contributed by atoms with Gasteiger partial charge >= 0.3 is 0 Å². The van der Waals surface area contributed by atoms with E-state index in [-0.39, 0.29) is 5.91 Å². The van der Waals surface area contributed by atoms with Crippen LogP contribution in [0.2, 0.25) is 0 Å². The van der Waals surface area contributed by atoms with Crippen molar-refractivity contribution in [3.8, 4) is 0 Å². The molecular formula is C20H23N5O. The molecule has 6 heteroatoms. The summed E-state index contributed by atoms with van der Waals surface area (Å²) >= 11 is 0. The van der Waals surface area contributed by atoms with Gasteiger partial charge in [-0.1, -0.05) is 18.2 Å². The molecule has 0 radical (unpaired) electrons. The van der Waals surface area contributed by atoms with Crippen molar-refractivity contribution >= 4 is 22.9 Å². The molecule has 4 rings (SSSR count). The Morgan fingerprint density at radius 1 is 1.00 bits per heavy atom. The third-order valence-corrected chi connectivity index (χ3v) is 4.83. The normalized spacial score (nSPS) is 14.5. The van der Waals surface area contributed by atoms with Crippen molar-refractivity contribution < 1.29 is 4.79 Å². The molecule has 26 heavy (non-hydrogen) atoms. The number of carbonyl (C=O) groups is 1. The van der Waals surface area contributed by atoms with Crippen LogP contribution in [0.4, 0.5) is 11.4 Å². The second kappa shape index (κ2) is 7.56. The second-order valence-electron chi connectivity index (χ2n) is 6.66. The number of aryl methyl sites for hydroxylation is 1. The average Bonchev–Trinajstić information content (AvgIpc) is 3.11. The van der Waals surface area contributed by atoms with Gasteiger partial charge in [0.1, 0.15) is 5.82 Å². The van der Waals surface area contributed by atoms with Gasteiger partial charge in [-0.05, 0) is 43.5 Å². The number of rotatable bonds is 5. The molecule has 0 bridgehead atoms. The molecule has 0 atom stereocenters. The second-order valence-corrected chi connectivity index (χ2v) is 6.66. The van der Waals surface area contributed by atoms with E-state index in [1.165, 1.54) is 19.3 Å². The third kappa shape index (κ3) is 3.54. The molecule has 0 aliphatic carbocycles. The van der Waals surface area contributed by atoms with Gasteiger partial charge in [-0.15, -0.1) is 10.2 Å². The summed E-state index contributed by atoms with van der Waals surface area (Å²) in [6, 6.07) is 13.8. The summed E-state index contributed by atoms with van der Waals surface area (Å²) in [4.78, 5) is 14.9. The summed E-state index contributed by atoms with van der Waals surface area (Å²) in [5, 5.41) is 11.4. The molecule has 1 aliphatic rings. The number of hydrogen-bond acceptors (Lipinski definition) is 4. The van der Waals surface area contributed by atoms with Crippen LogP contribution >= 0.6 is 0 Å². The summed E-state index contributed by atoms with van der Waals surface area (Å²) in [6.07, 6.45) is 6.57. The van der Waals surface area contributed by atoms with E-state index in [0.29, 0.717) is 12.8 Å². The zero-order valence-electron chi connectivity index (χ0n) is 14.8. The van der Waals surface area contributed by atoms with E-state index < -0.39 is 0 Å². The van der Waals surface area contributed by atoms with Crippen LogP contribution in [0, 0.1) is 0 Å². The van der Waals surface area contributed by atoms with Crippen LogP contribution in [0.3, 0.4) is 0 Å². The predicted octanol–water partition coefficient (Wildman–Crippen LogP) is 3.29. The van der Waals surface area contributed by atoms with Crippen LogP contribution in [0.25, 0.3) is 5.65 Å². The number of para-hydroxylation sites is 2. The number of amides is 1. The Kier molecular flexibility index (Phi) is 4.82. The minimum Gasteiger partial charge on any atom is -0.370 e. The number of benzene rings is 1. The Labute approximate surface area is 152 Å². The SMILES string of the molecule is O=C(CCc1nnc2ccccn12)Nc1ccccc1N1CCCCC1. The van der Waals surface area contributed by atoms with Crippen LogP contribution in [-0.4, -0.2) is 33.6 Å². The molecular weight excluding hydrogens is 326 g/mol. The summed E-state index contributed by atoms with van der Waals surface area (Å²) in [6.45, 7) is 2.11. The third-order valence-electron chi connectivity index (χ3n) is 4.83. The van der Waals surface area contributed by atoms with Crippen LogP contribution < -0.4 is 10.2 Å². The summed E-state index contributed by atoms with van der Waals surface area (Å²) in [5.41, 5.74) is 2.82. The number of fused-ring (bicyclic) bond motifs is 1. The summed E-state index contributed by atoms with van der Waals surface area (Å²) in [7, 11) is 0. The first-order chi connectivity index (χ1) is 12.8. The molecule has 6 nitrogen and oxygen atoms in total. The predicted molar refractivity (Wildman–Crippen MR) is 102 cm³/mol. The van der Waals surface area contributed by atoms with Crippen LogP contribution in [0.5, 0.6) is 0 Å². The van der Waals surface area contributed by atoms with Crippen molar-refractivity contribution in [3.63, 3.8) is 0 Å². The van der Waals surface area contributed by atoms with Crippen LogP contribution in [-0.2, 0) is 11.2 Å². The van der Waals surface area contributed by atoms with Crippen molar-refractivity contribution in [1.82, 2.24) is 14.6 Å². The van der Waals surface area contributed by atoms with Gasteiger partial charge < -0.3 is 10.2 Å². The quantitative estimate of drug-likeness (QED) is 0.768. The van der Waals surface area contributed by atoms with E-state index in [0.717, 1.165) is 35.9 Å². The van der Waals surface area contributed by atoms with Gasteiger partial charge in [0.2, 0.25) is 5.91 Å². The Balaban J connectivity index is 1.42. The first kappa shape index (κ1) is 16.6. The molecule has 0 spiro atoms. The van der Waals surface area contributed by atoms with Crippen molar-refractivity contribution in [2.75, 3.05) is 23.3 Å². The molecule has 3 aromatic rings. The minimum atomic E-state index is 0.00198. The molecule has 0 saturated carbocycles. The topological polar surface area (TPSA) is 62.5 Å². The molecule has 134 valence electrons. The Morgan fingerprint density at radius 3 is 2.69 bits per heavy atom. The number of nitrogens with one attached hydrogen (secondary N) is 1. The molecule has 1 saturated heterocycles. The number of anilines is 2. The largest absolute Gasteiger partial charge is 0.370 e. The molecule has 1 aromatic carbocycles. The van der Waals surface area contributed by atoms with Gasteiger partial charge in [0.05, 0.1) is 11.4 Å². The monoisotopic (exact) mass is 349 g/mol. The zero-order valence-corrected chi connectivity index (χ0v) is 14.8. The van der Waals surface area contributed by atoms with Gasteiger partial charge in [0.15, 0.2) is 5.65 Å². The molecule has 0 unspecified atom stereocenters. The standard InChI is InChI=1S/C20H23N5O/c26-20(12-11-19-23-22-18-10-4-7-15-25(18)19)21-16-8-2-3-9-17(16)24-13-5-1-6-14-24/h2-4,7-10,15H,1,5-6,11-14H2,(H,21,26). The van der Waals surface area contributed by atoms with E-state index in [4.69, 9.17) is 0 Å². The van der Waals surface area contributed by atoms with E-state index in [1.54, 1.807) is 0 Å². The summed E-state index contributed by atoms with van der Waals surface area (Å²) < 4.78 is 1.93. The van der Waals surface area contributed by atoms with E-state index in [1.807, 2.05) is 47.0 Å². The van der Waals surface area contributed by atoms with Gasteiger partial charge in [-0.25, -0.2) is 0 Å². The Bertz CT molecular complexity index is 898. The van der Waals surface area contributed by atoms with E-state index in [9.17, 15) is 4.79 Å². The lowest BCUT2D eigenvalue weighted by molar-refractivity contribution is -0.116. The highest BCUT2D eigenvalue weighted by molar-refractivity contribution is 5.94. The smallest absolute Gasteiger partial charge is 0.224 e. The zero-order chi connectivity index (χ0) is 17.8. The molecule has 1 fully saturated rings. The molecule has 1 amide bonds. The maximum Gasteiger partial charge on any atom is 0.224 e. The number of nitrogens with zero attached hydrogens (tertiary/aromatic N) is 4. The van der Waals surface area contributed by atoms with Crippen molar-refractivity contribution in [3.05, 3.63) is 54.5 Å². The van der Waals surface area contributed by atoms with Crippen molar-refractivity contribution in [1.29, 1.82) is 0 Å². The highest BCUT2D eigenvalue weighted by atomic mass is 16.1. The Hall–Kier alpha value is -2.89. The van der Waals surface area contributed by atoms with Crippen LogP contribution in [0.1, 0.15) is 31.5 Å². The molecule has 3 heterocycles. The maximum absolute atomic E-state index is 12.5. The fourth-order valence-corrected chi connectivity index (χ4v) is 3.49. The summed E-state index contributed by atoms with van der Waals surface area (Å²) in [5.74, 6) is 0.808. The van der Waals surface area contributed by atoms with Gasteiger partial charge in [-0.3, -0.25) is 9.20 Å². The highest BCUT2D eigenvalue weighted by Gasteiger charge is 2.16. The van der Waals surface area contributed by atoms with Crippen molar-refractivity contribution in [2.45, 2.75) is 32.1 Å². The van der Waals surface area contributed by atoms with E-state index in [2.05, 4.69) is 26.5 Å². The van der Waals surface area contributed by atoms with Crippen molar-refractivity contribution in [2.24, 2.45) is 0 Å². The van der Waals surface area contributed by atoms with Gasteiger partial charge in [-0.2, -0.15) is 0 Å². The lowest BCUT2D eigenvalue weighted by Gasteiger charge is -2.30. The van der Waals surface area contributed by atoms with Gasteiger partial charge in [0, 0.05) is 32.1 Å². The first-order valence-corrected chi connectivity index (χ1v) is 9.24. The number of carbonyl (C=O) groups excluding carboxylic acids is 1. The number of aromatic nitrogens is 3. The molecule has 2 aromatic heterocycles. The average molecular weight is 349 g/mol. The first-order valence-electron chi connectivity index (χ1n) is 9.24. The molecule has 1 aliphatic heterocycles. The number of piperidine rings is 1. The maximum atomic E-state index is 12.5. The number of pyridine rings is 1. The minimum absolute atomic E-state index is 0.00198. The van der Waals surface area contributed by atoms with E-state index >= 15 is 0 Å². The fraction of sp³-hybridized carbons (Fsp3) is 0.350. The highest BCUT2D eigenvalue weighted by Crippen LogP contribution is 2.28. The number of hydrogen-bond donors (Lipinski definition) is 1. The lowest BCUT2D eigenvalue weighted by atomic mass is 10.1. The lowest BCUT2D eigenvalue weighted by Crippen LogP contribution is -2.30.